The first-order valence-corrected chi connectivity index (χ1v) is 10.6. The van der Waals surface area contributed by atoms with E-state index in [9.17, 15) is 17.6 Å². The van der Waals surface area contributed by atoms with E-state index in [4.69, 9.17) is 11.6 Å². The second kappa shape index (κ2) is 8.14. The van der Waals surface area contributed by atoms with Crippen LogP contribution in [0, 0.1) is 0 Å². The molecule has 1 fully saturated rings. The summed E-state index contributed by atoms with van der Waals surface area (Å²) in [6.45, 7) is 3.46. The Balaban J connectivity index is 1.81. The average Bonchev–Trinajstić information content (AvgIpc) is 3.22. The molecule has 0 radical (unpaired) electrons. The number of nitrogens with one attached hydrogen (secondary N) is 1. The smallest absolute Gasteiger partial charge is 0.273 e. The quantitative estimate of drug-likeness (QED) is 0.756. The van der Waals surface area contributed by atoms with Gasteiger partial charge in [-0.05, 0) is 32.4 Å². The summed E-state index contributed by atoms with van der Waals surface area (Å²) in [5.41, 5.74) is 0.115. The average molecular weight is 430 g/mol. The van der Waals surface area contributed by atoms with Crippen molar-refractivity contribution in [3.63, 3.8) is 0 Å². The van der Waals surface area contributed by atoms with Crippen molar-refractivity contribution in [2.45, 2.75) is 50.0 Å². The zero-order valence-electron chi connectivity index (χ0n) is 15.4. The van der Waals surface area contributed by atoms with Crippen LogP contribution < -0.4 is 5.32 Å². The Labute approximate surface area is 167 Å². The zero-order chi connectivity index (χ0) is 20.5. The number of hydrogen-bond donors (Lipinski definition) is 1. The lowest BCUT2D eigenvalue weighted by atomic mass is 10.2. The third-order valence-electron chi connectivity index (χ3n) is 4.33. The van der Waals surface area contributed by atoms with E-state index in [1.165, 1.54) is 23.0 Å². The number of benzene rings is 1. The summed E-state index contributed by atoms with van der Waals surface area (Å²) in [6, 6.07) is 5.33. The highest BCUT2D eigenvalue weighted by Crippen LogP contribution is 2.31. The van der Waals surface area contributed by atoms with Crippen LogP contribution >= 0.6 is 11.6 Å². The lowest BCUT2D eigenvalue weighted by Gasteiger charge is -2.23. The van der Waals surface area contributed by atoms with Gasteiger partial charge in [0.1, 0.15) is 11.1 Å². The van der Waals surface area contributed by atoms with Gasteiger partial charge in [-0.2, -0.15) is 4.31 Å². The molecule has 0 bridgehead atoms. The van der Waals surface area contributed by atoms with Crippen molar-refractivity contribution >= 4 is 27.5 Å². The number of carbonyl (C=O) groups is 1. The fourth-order valence-electron chi connectivity index (χ4n) is 3.12. The van der Waals surface area contributed by atoms with E-state index in [1.54, 1.807) is 12.1 Å². The van der Waals surface area contributed by atoms with Gasteiger partial charge in [-0.25, -0.2) is 12.8 Å². The standard InChI is InChI=1S/C17H21ClFN5O3S/c1-11(2)20-17(25)15-10-23(22-21-15)9-13-7-12(19)8-24(13)28(26,27)16-6-4-3-5-14(16)18/h3-6,10-13H,7-9H2,1-2H3,(H,20,25)/t12-,13-/m0/s1. The fraction of sp³-hybridized carbons (Fsp3) is 0.471. The van der Waals surface area contributed by atoms with Crippen molar-refractivity contribution in [1.29, 1.82) is 0 Å². The van der Waals surface area contributed by atoms with Crippen LogP contribution in [0.25, 0.3) is 0 Å². The van der Waals surface area contributed by atoms with Gasteiger partial charge >= 0.3 is 0 Å². The first kappa shape index (κ1) is 20.7. The molecule has 8 nitrogen and oxygen atoms in total. The van der Waals surface area contributed by atoms with Gasteiger partial charge in [-0.1, -0.05) is 28.9 Å². The highest BCUT2D eigenvalue weighted by atomic mass is 35.5. The molecule has 1 aromatic heterocycles. The van der Waals surface area contributed by atoms with Crippen LogP contribution in [0.1, 0.15) is 30.8 Å². The topological polar surface area (TPSA) is 97.2 Å². The second-order valence-corrected chi connectivity index (χ2v) is 9.21. The number of rotatable bonds is 6. The van der Waals surface area contributed by atoms with Crippen molar-refractivity contribution in [3.05, 3.63) is 41.2 Å². The lowest BCUT2D eigenvalue weighted by molar-refractivity contribution is 0.0938. The lowest BCUT2D eigenvalue weighted by Crippen LogP contribution is -2.38. The van der Waals surface area contributed by atoms with Crippen LogP contribution in [0.15, 0.2) is 35.4 Å². The minimum absolute atomic E-state index is 0.0249. The maximum absolute atomic E-state index is 14.1. The Morgan fingerprint density at radius 1 is 1.39 bits per heavy atom. The number of alkyl halides is 1. The molecule has 2 heterocycles. The molecule has 152 valence electrons. The maximum Gasteiger partial charge on any atom is 0.273 e. The molecule has 1 saturated heterocycles. The van der Waals surface area contributed by atoms with Gasteiger partial charge in [0.2, 0.25) is 10.0 Å². The Morgan fingerprint density at radius 2 is 2.11 bits per heavy atom. The van der Waals surface area contributed by atoms with Crippen molar-refractivity contribution in [2.75, 3.05) is 6.54 Å². The van der Waals surface area contributed by atoms with E-state index in [2.05, 4.69) is 15.6 Å². The molecule has 1 amide bonds. The van der Waals surface area contributed by atoms with Crippen molar-refractivity contribution in [3.8, 4) is 0 Å². The maximum atomic E-state index is 14.1. The van der Waals surface area contributed by atoms with E-state index in [-0.39, 0.29) is 47.1 Å². The number of halogens is 2. The predicted octanol–water partition coefficient (Wildman–Crippen LogP) is 1.87. The Bertz CT molecular complexity index is 965. The van der Waals surface area contributed by atoms with Crippen molar-refractivity contribution < 1.29 is 17.6 Å². The first-order chi connectivity index (χ1) is 13.2. The van der Waals surface area contributed by atoms with Gasteiger partial charge < -0.3 is 5.32 Å². The Morgan fingerprint density at radius 3 is 2.79 bits per heavy atom. The molecule has 0 spiro atoms. The third kappa shape index (κ3) is 4.34. The summed E-state index contributed by atoms with van der Waals surface area (Å²) >= 11 is 6.04. The minimum Gasteiger partial charge on any atom is -0.348 e. The minimum atomic E-state index is -3.98. The SMILES string of the molecule is CC(C)NC(=O)c1cn(C[C@@H]2C[C@H](F)CN2S(=O)(=O)c2ccccc2Cl)nn1. The predicted molar refractivity (Wildman–Crippen MR) is 101 cm³/mol. The van der Waals surface area contributed by atoms with E-state index >= 15 is 0 Å². The number of hydrogen-bond acceptors (Lipinski definition) is 5. The van der Waals surface area contributed by atoms with E-state index in [1.807, 2.05) is 13.8 Å². The largest absolute Gasteiger partial charge is 0.348 e. The third-order valence-corrected chi connectivity index (χ3v) is 6.74. The zero-order valence-corrected chi connectivity index (χ0v) is 17.0. The van der Waals surface area contributed by atoms with Gasteiger partial charge in [0.05, 0.1) is 17.8 Å². The molecule has 0 aliphatic carbocycles. The highest BCUT2D eigenvalue weighted by Gasteiger charge is 2.41. The Kier molecular flexibility index (Phi) is 6.01. The molecule has 0 unspecified atom stereocenters. The first-order valence-electron chi connectivity index (χ1n) is 8.80. The van der Waals surface area contributed by atoms with Gasteiger partial charge in [-0.3, -0.25) is 9.48 Å². The molecule has 0 saturated carbocycles. The summed E-state index contributed by atoms with van der Waals surface area (Å²) in [5, 5.41) is 10.5. The molecule has 1 aliphatic heterocycles. The van der Waals surface area contributed by atoms with Crippen LogP contribution in [-0.4, -0.2) is 58.4 Å². The highest BCUT2D eigenvalue weighted by molar-refractivity contribution is 7.89. The number of sulfonamides is 1. The molecule has 1 aliphatic rings. The van der Waals surface area contributed by atoms with E-state index < -0.39 is 22.2 Å². The van der Waals surface area contributed by atoms with Crippen molar-refractivity contribution in [2.24, 2.45) is 0 Å². The van der Waals surface area contributed by atoms with Crippen molar-refractivity contribution in [1.82, 2.24) is 24.6 Å². The number of nitrogens with zero attached hydrogens (tertiary/aromatic N) is 4. The van der Waals surface area contributed by atoms with E-state index in [0.29, 0.717) is 0 Å². The summed E-state index contributed by atoms with van der Waals surface area (Å²) < 4.78 is 42.6. The molecule has 2 aromatic rings. The number of aromatic nitrogens is 3. The number of carbonyl (C=O) groups excluding carboxylic acids is 1. The monoisotopic (exact) mass is 429 g/mol. The second-order valence-electron chi connectivity index (χ2n) is 6.95. The summed E-state index contributed by atoms with van der Waals surface area (Å²) in [7, 11) is -3.98. The molecular weight excluding hydrogens is 409 g/mol. The number of amides is 1. The van der Waals surface area contributed by atoms with Crippen LogP contribution in [0.2, 0.25) is 5.02 Å². The summed E-state index contributed by atoms with van der Waals surface area (Å²) in [6.07, 6.45) is 0.148. The summed E-state index contributed by atoms with van der Waals surface area (Å²) in [4.78, 5) is 11.9. The molecule has 1 aromatic carbocycles. The normalized spacial score (nSPS) is 20.6. The van der Waals surface area contributed by atoms with E-state index in [0.717, 1.165) is 4.31 Å². The van der Waals surface area contributed by atoms with Gasteiger partial charge in [0, 0.05) is 18.6 Å². The van der Waals surface area contributed by atoms with Crippen LogP contribution in [0.4, 0.5) is 4.39 Å². The molecule has 11 heteroatoms. The molecule has 28 heavy (non-hydrogen) atoms. The molecule has 3 rings (SSSR count). The van der Waals surface area contributed by atoms with Gasteiger partial charge in [-0.15, -0.1) is 5.10 Å². The Hall–Kier alpha value is -2.04. The van der Waals surface area contributed by atoms with Gasteiger partial charge in [0.15, 0.2) is 5.69 Å². The molecule has 2 atom stereocenters. The van der Waals surface area contributed by atoms with Gasteiger partial charge in [0.25, 0.3) is 5.91 Å². The van der Waals surface area contributed by atoms with Crippen LogP contribution in [-0.2, 0) is 16.6 Å². The molecular formula is C17H21ClFN5O3S. The fourth-order valence-corrected chi connectivity index (χ4v) is 5.26. The molecule has 1 N–H and O–H groups in total. The van der Waals surface area contributed by atoms with Crippen LogP contribution in [0.3, 0.4) is 0 Å². The van der Waals surface area contributed by atoms with Crippen LogP contribution in [0.5, 0.6) is 0 Å². The summed E-state index contributed by atoms with van der Waals surface area (Å²) in [5.74, 6) is -0.378.